The Kier molecular flexibility index (Phi) is 5.92. The number of aromatic amines is 1. The molecule has 2 aromatic heterocycles. The largest absolute Gasteiger partial charge is 0.467 e. The molecule has 0 saturated carbocycles. The highest BCUT2D eigenvalue weighted by molar-refractivity contribution is 5.88. The molecular weight excluding hydrogens is 382 g/mol. The lowest BCUT2D eigenvalue weighted by atomic mass is 9.96. The Labute approximate surface area is 174 Å². The maximum Gasteiger partial charge on any atom is 0.328 e. The molecule has 1 aliphatic rings. The van der Waals surface area contributed by atoms with Gasteiger partial charge in [0, 0.05) is 49.0 Å². The van der Waals surface area contributed by atoms with Gasteiger partial charge in [0.2, 0.25) is 11.9 Å². The number of piperidine rings is 1. The van der Waals surface area contributed by atoms with Crippen molar-refractivity contribution in [2.75, 3.05) is 25.1 Å². The molecule has 3 heterocycles. The SMILES string of the molecule is COC(=O)[C@@H](Cc1c[nH]c2ccccc12)NC(=O)C1CCCN(c2ncccn2)C1. The average molecular weight is 407 g/mol. The maximum absolute atomic E-state index is 13.0. The molecule has 30 heavy (non-hydrogen) atoms. The van der Waals surface area contributed by atoms with Crippen LogP contribution in [0.1, 0.15) is 18.4 Å². The summed E-state index contributed by atoms with van der Waals surface area (Å²) >= 11 is 0. The molecule has 1 unspecified atom stereocenters. The van der Waals surface area contributed by atoms with Crippen LogP contribution in [0.4, 0.5) is 5.95 Å². The van der Waals surface area contributed by atoms with Crippen LogP contribution in [0.3, 0.4) is 0 Å². The first kappa shape index (κ1) is 19.9. The topological polar surface area (TPSA) is 100 Å². The number of para-hydroxylation sites is 1. The monoisotopic (exact) mass is 407 g/mol. The number of esters is 1. The predicted molar refractivity (Wildman–Crippen MR) is 113 cm³/mol. The number of fused-ring (bicyclic) bond motifs is 1. The highest BCUT2D eigenvalue weighted by atomic mass is 16.5. The Bertz CT molecular complexity index is 1020. The lowest BCUT2D eigenvalue weighted by molar-refractivity contribution is -0.145. The van der Waals surface area contributed by atoms with Gasteiger partial charge in [-0.3, -0.25) is 4.79 Å². The normalized spacial score (nSPS) is 17.5. The summed E-state index contributed by atoms with van der Waals surface area (Å²) in [5.74, 6) is -0.213. The van der Waals surface area contributed by atoms with Gasteiger partial charge < -0.3 is 19.9 Å². The van der Waals surface area contributed by atoms with E-state index in [0.717, 1.165) is 35.9 Å². The molecule has 1 aliphatic heterocycles. The number of methoxy groups -OCH3 is 1. The number of rotatable bonds is 6. The zero-order valence-corrected chi connectivity index (χ0v) is 16.9. The summed E-state index contributed by atoms with van der Waals surface area (Å²) in [6, 6.07) is 8.90. The van der Waals surface area contributed by atoms with Crippen LogP contribution in [-0.4, -0.2) is 53.1 Å². The number of amides is 1. The molecule has 0 bridgehead atoms. The number of benzene rings is 1. The van der Waals surface area contributed by atoms with E-state index in [4.69, 9.17) is 4.74 Å². The van der Waals surface area contributed by atoms with Gasteiger partial charge in [-0.1, -0.05) is 18.2 Å². The molecule has 4 rings (SSSR count). The molecule has 1 amide bonds. The van der Waals surface area contributed by atoms with Crippen LogP contribution in [-0.2, 0) is 20.7 Å². The van der Waals surface area contributed by atoms with Crippen molar-refractivity contribution in [2.45, 2.75) is 25.3 Å². The average Bonchev–Trinajstić information content (AvgIpc) is 3.21. The van der Waals surface area contributed by atoms with E-state index in [2.05, 4.69) is 20.3 Å². The second-order valence-electron chi connectivity index (χ2n) is 7.48. The second kappa shape index (κ2) is 8.94. The van der Waals surface area contributed by atoms with Crippen molar-refractivity contribution in [3.05, 3.63) is 54.5 Å². The van der Waals surface area contributed by atoms with Crippen molar-refractivity contribution in [1.82, 2.24) is 20.3 Å². The van der Waals surface area contributed by atoms with Gasteiger partial charge >= 0.3 is 5.97 Å². The molecule has 0 spiro atoms. The van der Waals surface area contributed by atoms with Gasteiger partial charge in [0.1, 0.15) is 6.04 Å². The molecule has 8 heteroatoms. The standard InChI is InChI=1S/C22H25N5O3/c1-30-21(29)19(12-16-13-25-18-8-3-2-7-17(16)18)26-20(28)15-6-4-11-27(14-15)22-23-9-5-10-24-22/h2-3,5,7-10,13,15,19,25H,4,6,11-12,14H2,1H3,(H,26,28)/t15?,19-/m1/s1. The van der Waals surface area contributed by atoms with E-state index in [1.165, 1.54) is 7.11 Å². The van der Waals surface area contributed by atoms with Crippen LogP contribution in [0, 0.1) is 5.92 Å². The van der Waals surface area contributed by atoms with E-state index in [-0.39, 0.29) is 11.8 Å². The number of hydrogen-bond donors (Lipinski definition) is 2. The Morgan fingerprint density at radius 3 is 2.87 bits per heavy atom. The molecule has 1 aromatic carbocycles. The molecule has 156 valence electrons. The Morgan fingerprint density at radius 1 is 1.27 bits per heavy atom. The number of ether oxygens (including phenoxy) is 1. The summed E-state index contributed by atoms with van der Waals surface area (Å²) in [7, 11) is 1.34. The van der Waals surface area contributed by atoms with Crippen molar-refractivity contribution in [3.63, 3.8) is 0 Å². The number of aromatic nitrogens is 3. The number of nitrogens with zero attached hydrogens (tertiary/aromatic N) is 3. The van der Waals surface area contributed by atoms with E-state index in [0.29, 0.717) is 18.9 Å². The first-order chi connectivity index (χ1) is 14.7. The minimum atomic E-state index is -0.745. The summed E-state index contributed by atoms with van der Waals surface area (Å²) in [5.41, 5.74) is 1.96. The lowest BCUT2D eigenvalue weighted by Gasteiger charge is -2.32. The van der Waals surface area contributed by atoms with Gasteiger partial charge in [0.15, 0.2) is 0 Å². The summed E-state index contributed by atoms with van der Waals surface area (Å²) < 4.78 is 4.96. The predicted octanol–water partition coefficient (Wildman–Crippen LogP) is 2.07. The minimum Gasteiger partial charge on any atom is -0.467 e. The third-order valence-electron chi connectivity index (χ3n) is 5.53. The molecular formula is C22H25N5O3. The van der Waals surface area contributed by atoms with E-state index in [9.17, 15) is 9.59 Å². The van der Waals surface area contributed by atoms with E-state index < -0.39 is 12.0 Å². The zero-order valence-electron chi connectivity index (χ0n) is 16.9. The molecule has 3 aromatic rings. The zero-order chi connectivity index (χ0) is 20.9. The number of H-pyrrole nitrogens is 1. The van der Waals surface area contributed by atoms with Crippen LogP contribution in [0.25, 0.3) is 10.9 Å². The first-order valence-electron chi connectivity index (χ1n) is 10.1. The number of carbonyl (C=O) groups excluding carboxylic acids is 2. The number of hydrogen-bond acceptors (Lipinski definition) is 6. The van der Waals surface area contributed by atoms with Crippen molar-refractivity contribution >= 4 is 28.7 Å². The molecule has 0 aliphatic carbocycles. The van der Waals surface area contributed by atoms with Crippen LogP contribution < -0.4 is 10.2 Å². The molecule has 8 nitrogen and oxygen atoms in total. The van der Waals surface area contributed by atoms with Crippen molar-refractivity contribution in [3.8, 4) is 0 Å². The smallest absolute Gasteiger partial charge is 0.328 e. The summed E-state index contributed by atoms with van der Waals surface area (Å²) in [5, 5.41) is 3.95. The van der Waals surface area contributed by atoms with Crippen molar-refractivity contribution < 1.29 is 14.3 Å². The van der Waals surface area contributed by atoms with Crippen molar-refractivity contribution in [1.29, 1.82) is 0 Å². The van der Waals surface area contributed by atoms with Crippen molar-refractivity contribution in [2.24, 2.45) is 5.92 Å². The molecule has 2 N–H and O–H groups in total. The van der Waals surface area contributed by atoms with Crippen LogP contribution in [0.5, 0.6) is 0 Å². The van der Waals surface area contributed by atoms with Gasteiger partial charge in [-0.25, -0.2) is 14.8 Å². The fourth-order valence-electron chi connectivity index (χ4n) is 3.97. The van der Waals surface area contributed by atoms with Crippen LogP contribution in [0.15, 0.2) is 48.9 Å². The third kappa shape index (κ3) is 4.27. The Hall–Kier alpha value is -3.42. The van der Waals surface area contributed by atoms with Gasteiger partial charge in [0.05, 0.1) is 13.0 Å². The Balaban J connectivity index is 1.46. The van der Waals surface area contributed by atoms with E-state index in [1.54, 1.807) is 18.5 Å². The fraction of sp³-hybridized carbons (Fsp3) is 0.364. The summed E-state index contributed by atoms with van der Waals surface area (Å²) in [6.45, 7) is 1.33. The van der Waals surface area contributed by atoms with Gasteiger partial charge in [-0.2, -0.15) is 0 Å². The molecule has 1 saturated heterocycles. The van der Waals surface area contributed by atoms with E-state index in [1.807, 2.05) is 35.4 Å². The van der Waals surface area contributed by atoms with Crippen LogP contribution >= 0.6 is 0 Å². The first-order valence-corrected chi connectivity index (χ1v) is 10.1. The van der Waals surface area contributed by atoms with Gasteiger partial charge in [0.25, 0.3) is 0 Å². The van der Waals surface area contributed by atoms with E-state index >= 15 is 0 Å². The Morgan fingerprint density at radius 2 is 2.07 bits per heavy atom. The quantitative estimate of drug-likeness (QED) is 0.607. The molecule has 1 fully saturated rings. The number of carbonyl (C=O) groups is 2. The summed E-state index contributed by atoms with van der Waals surface area (Å²) in [6.07, 6.45) is 7.25. The van der Waals surface area contributed by atoms with Gasteiger partial charge in [-0.05, 0) is 30.5 Å². The summed E-state index contributed by atoms with van der Waals surface area (Å²) in [4.78, 5) is 39.2. The number of anilines is 1. The third-order valence-corrected chi connectivity index (χ3v) is 5.53. The fourth-order valence-corrected chi connectivity index (χ4v) is 3.97. The minimum absolute atomic E-state index is 0.147. The molecule has 2 atom stereocenters. The van der Waals surface area contributed by atoms with Crippen LogP contribution in [0.2, 0.25) is 0 Å². The number of nitrogens with one attached hydrogen (secondary N) is 2. The maximum atomic E-state index is 13.0. The molecule has 0 radical (unpaired) electrons. The highest BCUT2D eigenvalue weighted by Gasteiger charge is 2.31. The highest BCUT2D eigenvalue weighted by Crippen LogP contribution is 2.22. The second-order valence-corrected chi connectivity index (χ2v) is 7.48. The van der Waals surface area contributed by atoms with Gasteiger partial charge in [-0.15, -0.1) is 0 Å². The lowest BCUT2D eigenvalue weighted by Crippen LogP contribution is -2.49.